The van der Waals surface area contributed by atoms with Gasteiger partial charge in [-0.2, -0.15) is 0 Å². The van der Waals surface area contributed by atoms with Crippen molar-refractivity contribution in [1.29, 1.82) is 0 Å². The Balaban J connectivity index is 0.000000202. The third-order valence-electron chi connectivity index (χ3n) is 18.5. The fourth-order valence-electron chi connectivity index (χ4n) is 13.9. The number of carboxylic acid groups (broad SMARTS) is 1. The highest BCUT2D eigenvalue weighted by molar-refractivity contribution is 6.31. The molecule has 10 rings (SSSR count). The van der Waals surface area contributed by atoms with Gasteiger partial charge < -0.3 is 35.4 Å². The SMILES string of the molecule is CC[C@H](NC(C)=O)c1cc(C)c(Cl)cc1C1CCN(C(=O)C2CN(C3CCOCC3)C[C@H]2c2ccc(F)cc2F)CC1.CC[C@H](NC(C)=O)c1cc(C)c(Cl)cc1C1CCNCC1.Cl.O=C(O)[C@@H]1CN(C2CCOCC2)C[C@H]1c1ccc(F)cc1F. The molecule has 0 radical (unpaired) electrons. The number of hydrogen-bond donors (Lipinski definition) is 4. The number of carbonyl (C=O) groups is 4. The van der Waals surface area contributed by atoms with Crippen LogP contribution in [0.3, 0.4) is 0 Å². The van der Waals surface area contributed by atoms with Gasteiger partial charge in [0.25, 0.3) is 0 Å². The van der Waals surface area contributed by atoms with E-state index in [4.69, 9.17) is 32.7 Å². The van der Waals surface area contributed by atoms with E-state index in [1.165, 1.54) is 42.3 Å². The Morgan fingerprint density at radius 3 is 1.40 bits per heavy atom. The summed E-state index contributed by atoms with van der Waals surface area (Å²) >= 11 is 12.9. The van der Waals surface area contributed by atoms with Crippen molar-refractivity contribution in [1.82, 2.24) is 30.7 Å². The number of benzene rings is 4. The lowest BCUT2D eigenvalue weighted by Crippen LogP contribution is -2.44. The summed E-state index contributed by atoms with van der Waals surface area (Å²) in [6, 6.07) is 16.1. The highest BCUT2D eigenvalue weighted by atomic mass is 35.5. The summed E-state index contributed by atoms with van der Waals surface area (Å²) in [6.45, 7) is 19.3. The molecule has 0 spiro atoms. The minimum absolute atomic E-state index is 0. The lowest BCUT2D eigenvalue weighted by Gasteiger charge is -2.36. The molecule has 6 saturated heterocycles. The first-order chi connectivity index (χ1) is 40.7. The van der Waals surface area contributed by atoms with Crippen molar-refractivity contribution >= 4 is 59.3 Å². The van der Waals surface area contributed by atoms with Crippen LogP contribution in [-0.2, 0) is 28.7 Å². The molecule has 86 heavy (non-hydrogen) atoms. The maximum Gasteiger partial charge on any atom is 0.308 e. The molecule has 6 atom stereocenters. The molecule has 6 fully saturated rings. The Labute approximate surface area is 521 Å². The summed E-state index contributed by atoms with van der Waals surface area (Å²) in [4.78, 5) is 55.4. The van der Waals surface area contributed by atoms with Crippen LogP contribution in [0.1, 0.15) is 172 Å². The Kier molecular flexibility index (Phi) is 25.6. The Bertz CT molecular complexity index is 2960. The molecule has 0 aliphatic carbocycles. The molecule has 6 aliphatic rings. The van der Waals surface area contributed by atoms with E-state index in [-0.39, 0.29) is 60.1 Å². The number of halogens is 7. The van der Waals surface area contributed by atoms with E-state index in [0.29, 0.717) is 93.8 Å². The predicted molar refractivity (Wildman–Crippen MR) is 330 cm³/mol. The number of nitrogens with one attached hydrogen (secondary N) is 3. The Morgan fingerprint density at radius 2 is 1.00 bits per heavy atom. The quantitative estimate of drug-likeness (QED) is 0.0898. The number of amides is 3. The number of ether oxygens (including phenoxy) is 2. The minimum atomic E-state index is -0.928. The molecule has 6 aliphatic heterocycles. The number of carbonyl (C=O) groups excluding carboxylic acids is 3. The van der Waals surface area contributed by atoms with E-state index in [0.717, 1.165) is 117 Å². The van der Waals surface area contributed by atoms with Gasteiger partial charge in [0.2, 0.25) is 17.7 Å². The van der Waals surface area contributed by atoms with Gasteiger partial charge >= 0.3 is 5.97 Å². The third-order valence-corrected chi connectivity index (χ3v) is 19.4. The van der Waals surface area contributed by atoms with Crippen LogP contribution in [0.2, 0.25) is 10.0 Å². The zero-order valence-corrected chi connectivity index (χ0v) is 52.8. The number of rotatable bonds is 14. The number of hydrogen-bond acceptors (Lipinski definition) is 9. The topological polar surface area (TPSA) is 153 Å². The summed E-state index contributed by atoms with van der Waals surface area (Å²) in [5.41, 5.74) is 7.54. The van der Waals surface area contributed by atoms with Crippen molar-refractivity contribution in [2.75, 3.05) is 78.8 Å². The fraction of sp³-hybridized carbons (Fsp3) is 0.576. The number of piperidine rings is 2. The number of nitrogens with zero attached hydrogens (tertiary/aromatic N) is 3. The number of carboxylic acids is 1. The molecule has 4 N–H and O–H groups in total. The molecule has 6 heterocycles. The third kappa shape index (κ3) is 17.3. The molecular weight excluding hydrogens is 1170 g/mol. The van der Waals surface area contributed by atoms with E-state index in [1.54, 1.807) is 6.92 Å². The van der Waals surface area contributed by atoms with Gasteiger partial charge in [0, 0.05) is 126 Å². The number of likely N-dealkylation sites (tertiary alicyclic amines) is 3. The lowest BCUT2D eigenvalue weighted by atomic mass is 9.82. The first kappa shape index (κ1) is 68.6. The highest BCUT2D eigenvalue weighted by Gasteiger charge is 2.45. The largest absolute Gasteiger partial charge is 0.481 e. The van der Waals surface area contributed by atoms with Crippen LogP contribution in [0.25, 0.3) is 0 Å². The zero-order valence-electron chi connectivity index (χ0n) is 50.5. The minimum Gasteiger partial charge on any atom is -0.481 e. The van der Waals surface area contributed by atoms with Crippen LogP contribution in [0, 0.1) is 49.0 Å². The Morgan fingerprint density at radius 1 is 0.593 bits per heavy atom. The van der Waals surface area contributed by atoms with Gasteiger partial charge in [0.05, 0.1) is 23.9 Å². The summed E-state index contributed by atoms with van der Waals surface area (Å²) in [5.74, 6) is -4.53. The van der Waals surface area contributed by atoms with Gasteiger partial charge in [-0.05, 0) is 172 Å². The van der Waals surface area contributed by atoms with Gasteiger partial charge in [0.1, 0.15) is 23.3 Å². The second-order valence-electron chi connectivity index (χ2n) is 24.1. The maximum atomic E-state index is 15.0. The first-order valence-corrected chi connectivity index (χ1v) is 31.4. The van der Waals surface area contributed by atoms with Crippen molar-refractivity contribution in [2.45, 2.75) is 154 Å². The van der Waals surface area contributed by atoms with Crippen LogP contribution < -0.4 is 16.0 Å². The predicted octanol–water partition coefficient (Wildman–Crippen LogP) is 12.5. The van der Waals surface area contributed by atoms with E-state index >= 15 is 4.39 Å². The monoisotopic (exact) mass is 1260 g/mol. The molecule has 3 amide bonds. The zero-order chi connectivity index (χ0) is 61.1. The summed E-state index contributed by atoms with van der Waals surface area (Å²) in [5, 5.41) is 20.5. The lowest BCUT2D eigenvalue weighted by molar-refractivity contribution is -0.142. The van der Waals surface area contributed by atoms with Crippen molar-refractivity contribution in [3.05, 3.63) is 138 Å². The molecule has 0 bridgehead atoms. The molecule has 1 unspecified atom stereocenters. The van der Waals surface area contributed by atoms with Gasteiger partial charge in [-0.25, -0.2) is 17.6 Å². The van der Waals surface area contributed by atoms with Gasteiger partial charge in [0.15, 0.2) is 0 Å². The van der Waals surface area contributed by atoms with Gasteiger partial charge in [-0.3, -0.25) is 29.0 Å². The molecule has 20 heteroatoms. The van der Waals surface area contributed by atoms with E-state index in [9.17, 15) is 37.5 Å². The fourth-order valence-corrected chi connectivity index (χ4v) is 14.3. The standard InChI is InChI=1S/C33H42ClF2N3O3.C17H25ClN2O.C16H19F2NO3.ClH/c1-4-32(37-21(3)40)27-15-20(2)30(34)17-26(27)22-7-11-38(12-8-22)33(41)29-19-39(24-9-13-42-14-10-24)18-28(29)25-6-5-23(35)16-31(25)36;1-4-17(20-12(3)21)15-9-11(2)16(18)10-14(15)13-5-7-19-8-6-13;17-10-1-2-12(15(18)7-10)13-8-19(9-14(13)16(20)21)11-3-5-22-6-4-11;/h5-6,15-17,22,24,28-29,32H,4,7-14,18-19H2,1-3H3,(H,37,40);9-10,13,17,19H,4-8H2,1-3H3,(H,20,21);1-2,7,11,13-14H,3-6,8-9H2,(H,20,21);1H/t28-,29?,32-;17-;13-,14+;/m000./s1. The van der Waals surface area contributed by atoms with Crippen molar-refractivity contribution < 1.29 is 51.3 Å². The second-order valence-corrected chi connectivity index (χ2v) is 24.9. The van der Waals surface area contributed by atoms with Crippen molar-refractivity contribution in [3.8, 4) is 0 Å². The first-order valence-electron chi connectivity index (χ1n) is 30.6. The smallest absolute Gasteiger partial charge is 0.308 e. The summed E-state index contributed by atoms with van der Waals surface area (Å²) in [7, 11) is 0. The molecule has 0 saturated carbocycles. The van der Waals surface area contributed by atoms with Crippen LogP contribution in [-0.4, -0.2) is 134 Å². The molecule has 4 aromatic rings. The summed E-state index contributed by atoms with van der Waals surface area (Å²) < 4.78 is 66.8. The van der Waals surface area contributed by atoms with Crippen LogP contribution in [0.5, 0.6) is 0 Å². The molecule has 4 aromatic carbocycles. The van der Waals surface area contributed by atoms with E-state index < -0.39 is 47.0 Å². The van der Waals surface area contributed by atoms with Crippen LogP contribution in [0.4, 0.5) is 17.6 Å². The van der Waals surface area contributed by atoms with Crippen LogP contribution in [0.15, 0.2) is 60.7 Å². The number of aliphatic carboxylic acids is 1. The van der Waals surface area contributed by atoms with Crippen molar-refractivity contribution in [2.24, 2.45) is 11.8 Å². The maximum absolute atomic E-state index is 15.0. The van der Waals surface area contributed by atoms with Crippen LogP contribution >= 0.6 is 35.6 Å². The normalized spacial score (nSPS) is 22.6. The molecule has 0 aromatic heterocycles. The Hall–Kier alpha value is -4.85. The van der Waals surface area contributed by atoms with E-state index in [1.807, 2.05) is 24.8 Å². The van der Waals surface area contributed by atoms with Crippen molar-refractivity contribution in [3.63, 3.8) is 0 Å². The molecular formula is C66H87Cl3F4N6O7. The molecule has 472 valence electrons. The highest BCUT2D eigenvalue weighted by Crippen LogP contribution is 2.42. The average molecular weight is 1260 g/mol. The second kappa shape index (κ2) is 32.1. The van der Waals surface area contributed by atoms with Gasteiger partial charge in [-0.1, -0.05) is 61.3 Å². The van der Waals surface area contributed by atoms with E-state index in [2.05, 4.69) is 57.8 Å². The average Bonchev–Trinajstić information content (AvgIpc) is 2.43. The number of aryl methyl sites for hydroxylation is 2. The van der Waals surface area contributed by atoms with Gasteiger partial charge in [-0.15, -0.1) is 12.4 Å². The molecule has 13 nitrogen and oxygen atoms in total. The summed E-state index contributed by atoms with van der Waals surface area (Å²) in [6.07, 6.45) is 8.98.